The molecule has 1 aliphatic heterocycles. The molecule has 1 amide bonds. The fraction of sp³-hybridized carbons (Fsp3) is 0.333. The zero-order chi connectivity index (χ0) is 17.5. The Balaban J connectivity index is 1.91. The lowest BCUT2D eigenvalue weighted by Gasteiger charge is -2.09. The molecule has 1 aliphatic rings. The number of nitrogens with one attached hydrogen (secondary N) is 1. The Hall–Kier alpha value is -2.06. The van der Waals surface area contributed by atoms with Crippen LogP contribution in [0.5, 0.6) is 5.75 Å². The maximum absolute atomic E-state index is 12.5. The van der Waals surface area contributed by atoms with Crippen LogP contribution in [0.25, 0.3) is 0 Å². The lowest BCUT2D eigenvalue weighted by molar-refractivity contribution is 0.0975. The molecule has 1 aromatic carbocycles. The number of hydrogen-bond acceptors (Lipinski definition) is 6. The van der Waals surface area contributed by atoms with Crippen LogP contribution >= 0.6 is 11.6 Å². The fourth-order valence-corrected chi connectivity index (χ4v) is 3.93. The second kappa shape index (κ2) is 6.10. The van der Waals surface area contributed by atoms with E-state index in [4.69, 9.17) is 20.8 Å². The molecule has 3 rings (SSSR count). The molecular formula is C15H15ClN2O5S. The zero-order valence-corrected chi connectivity index (χ0v) is 14.6. The van der Waals surface area contributed by atoms with E-state index in [-0.39, 0.29) is 21.7 Å². The molecule has 0 radical (unpaired) electrons. The first-order chi connectivity index (χ1) is 11.3. The Morgan fingerprint density at radius 1 is 1.46 bits per heavy atom. The first-order valence-corrected chi connectivity index (χ1v) is 9.16. The van der Waals surface area contributed by atoms with Crippen LogP contribution in [-0.2, 0) is 22.9 Å². The quantitative estimate of drug-likeness (QED) is 0.886. The molecule has 2 aromatic rings. The number of hydrogen-bond donors (Lipinski definition) is 1. The van der Waals surface area contributed by atoms with Crippen molar-refractivity contribution in [2.75, 3.05) is 0 Å². The molecule has 0 saturated heterocycles. The van der Waals surface area contributed by atoms with Crippen LogP contribution < -0.4 is 9.46 Å². The predicted molar refractivity (Wildman–Crippen MR) is 85.8 cm³/mol. The van der Waals surface area contributed by atoms with Crippen molar-refractivity contribution in [1.82, 2.24) is 9.71 Å². The Morgan fingerprint density at radius 3 is 2.92 bits per heavy atom. The Labute approximate surface area is 144 Å². The van der Waals surface area contributed by atoms with E-state index in [0.717, 1.165) is 6.39 Å². The number of halogens is 1. The van der Waals surface area contributed by atoms with E-state index in [1.54, 1.807) is 6.92 Å². The number of carbonyl (C=O) groups is 1. The first-order valence-electron chi connectivity index (χ1n) is 7.30. The summed E-state index contributed by atoms with van der Waals surface area (Å²) in [5.41, 5.74) is 0.642. The summed E-state index contributed by atoms with van der Waals surface area (Å²) in [7, 11) is -4.09. The summed E-state index contributed by atoms with van der Waals surface area (Å²) in [5, 5.41) is 0.195. The van der Waals surface area contributed by atoms with E-state index >= 15 is 0 Å². The third-order valence-corrected chi connectivity index (χ3v) is 5.23. The molecule has 1 N–H and O–H groups in total. The summed E-state index contributed by atoms with van der Waals surface area (Å²) in [6, 6.07) is 2.72. The molecule has 9 heteroatoms. The minimum atomic E-state index is -4.09. The number of nitrogens with zero attached hydrogens (tertiary/aromatic N) is 1. The van der Waals surface area contributed by atoms with E-state index < -0.39 is 15.9 Å². The molecule has 0 unspecified atom stereocenters. The Kier molecular flexibility index (Phi) is 4.27. The average molecular weight is 371 g/mol. The molecule has 0 aliphatic carbocycles. The van der Waals surface area contributed by atoms with Crippen LogP contribution in [0.3, 0.4) is 0 Å². The van der Waals surface area contributed by atoms with E-state index in [1.165, 1.54) is 12.1 Å². The van der Waals surface area contributed by atoms with Crippen molar-refractivity contribution in [3.63, 3.8) is 0 Å². The number of oxazole rings is 1. The van der Waals surface area contributed by atoms with Crippen LogP contribution in [0, 0.1) is 0 Å². The topological polar surface area (TPSA) is 98.5 Å². The Morgan fingerprint density at radius 2 is 2.21 bits per heavy atom. The van der Waals surface area contributed by atoms with Crippen LogP contribution in [0.1, 0.15) is 35.7 Å². The maximum Gasteiger partial charge on any atom is 0.287 e. The van der Waals surface area contributed by atoms with Crippen LogP contribution in [0.2, 0.25) is 5.02 Å². The van der Waals surface area contributed by atoms with Crippen molar-refractivity contribution in [3.8, 4) is 5.75 Å². The normalized spacial score (nSPS) is 16.5. The molecular weight excluding hydrogens is 356 g/mol. The Bertz CT molecular complexity index is 907. The van der Waals surface area contributed by atoms with Crippen molar-refractivity contribution in [1.29, 1.82) is 0 Å². The number of rotatable bonds is 4. The second-order valence-electron chi connectivity index (χ2n) is 5.44. The smallest absolute Gasteiger partial charge is 0.287 e. The standard InChI is InChI=1S/C15H15ClN2O5S/c1-3-12-13(17-7-22-12)15(19)18-24(20,21)10-5-9-4-8(2)23-14(9)11(16)6-10/h5-8H,3-4H2,1-2H3,(H,18,19)/t8-/m1/s1. The third kappa shape index (κ3) is 2.99. The largest absolute Gasteiger partial charge is 0.489 e. The molecule has 24 heavy (non-hydrogen) atoms. The summed E-state index contributed by atoms with van der Waals surface area (Å²) in [4.78, 5) is 15.8. The van der Waals surface area contributed by atoms with Gasteiger partial charge in [-0.3, -0.25) is 4.79 Å². The second-order valence-corrected chi connectivity index (χ2v) is 7.53. The highest BCUT2D eigenvalue weighted by Crippen LogP contribution is 2.37. The number of ether oxygens (including phenoxy) is 1. The molecule has 1 aromatic heterocycles. The van der Waals surface area contributed by atoms with Crippen LogP contribution in [0.4, 0.5) is 0 Å². The van der Waals surface area contributed by atoms with Crippen molar-refractivity contribution in [3.05, 3.63) is 40.6 Å². The molecule has 0 saturated carbocycles. The van der Waals surface area contributed by atoms with Gasteiger partial charge in [-0.25, -0.2) is 18.1 Å². The van der Waals surface area contributed by atoms with Gasteiger partial charge in [0, 0.05) is 18.4 Å². The summed E-state index contributed by atoms with van der Waals surface area (Å²) in [6.07, 6.45) is 2.00. The highest BCUT2D eigenvalue weighted by Gasteiger charge is 2.28. The monoisotopic (exact) mass is 370 g/mol. The number of fused-ring (bicyclic) bond motifs is 1. The lowest BCUT2D eigenvalue weighted by atomic mass is 10.1. The number of amides is 1. The van der Waals surface area contributed by atoms with E-state index in [1.807, 2.05) is 11.6 Å². The molecule has 0 bridgehead atoms. The summed E-state index contributed by atoms with van der Waals surface area (Å²) in [5.74, 6) is -0.0436. The molecule has 128 valence electrons. The highest BCUT2D eigenvalue weighted by molar-refractivity contribution is 7.90. The van der Waals surface area contributed by atoms with E-state index in [2.05, 4.69) is 4.98 Å². The van der Waals surface area contributed by atoms with Gasteiger partial charge >= 0.3 is 0 Å². The van der Waals surface area contributed by atoms with E-state index in [9.17, 15) is 13.2 Å². The lowest BCUT2D eigenvalue weighted by Crippen LogP contribution is -2.31. The maximum atomic E-state index is 12.5. The number of aromatic nitrogens is 1. The van der Waals surface area contributed by atoms with Gasteiger partial charge in [-0.05, 0) is 19.1 Å². The molecule has 2 heterocycles. The minimum absolute atomic E-state index is 0.0507. The number of sulfonamides is 1. The number of benzene rings is 1. The van der Waals surface area contributed by atoms with Gasteiger partial charge in [0.05, 0.1) is 9.92 Å². The van der Waals surface area contributed by atoms with Crippen LogP contribution in [-0.4, -0.2) is 25.4 Å². The van der Waals surface area contributed by atoms with Gasteiger partial charge in [0.1, 0.15) is 17.6 Å². The van der Waals surface area contributed by atoms with Gasteiger partial charge in [0.2, 0.25) is 0 Å². The number of aryl methyl sites for hydroxylation is 1. The third-order valence-electron chi connectivity index (χ3n) is 3.63. The average Bonchev–Trinajstić information content (AvgIpc) is 3.12. The van der Waals surface area contributed by atoms with Crippen molar-refractivity contribution in [2.24, 2.45) is 0 Å². The zero-order valence-electron chi connectivity index (χ0n) is 13.0. The van der Waals surface area contributed by atoms with E-state index in [0.29, 0.717) is 29.9 Å². The molecule has 1 atom stereocenters. The van der Waals surface area contributed by atoms with Gasteiger partial charge in [-0.1, -0.05) is 18.5 Å². The summed E-state index contributed by atoms with van der Waals surface area (Å²) >= 11 is 6.10. The van der Waals surface area contributed by atoms with Crippen molar-refractivity contribution < 1.29 is 22.4 Å². The summed E-state index contributed by atoms with van der Waals surface area (Å²) in [6.45, 7) is 3.64. The minimum Gasteiger partial charge on any atom is -0.489 e. The van der Waals surface area contributed by atoms with Crippen molar-refractivity contribution >= 4 is 27.5 Å². The SMILES string of the molecule is CCc1ocnc1C(=O)NS(=O)(=O)c1cc(Cl)c2c(c1)C[C@@H](C)O2. The molecule has 0 spiro atoms. The van der Waals surface area contributed by atoms with Crippen molar-refractivity contribution in [2.45, 2.75) is 37.7 Å². The summed E-state index contributed by atoms with van der Waals surface area (Å²) < 4.78 is 37.5. The highest BCUT2D eigenvalue weighted by atomic mass is 35.5. The van der Waals surface area contributed by atoms with Gasteiger partial charge < -0.3 is 9.15 Å². The predicted octanol–water partition coefficient (Wildman–Crippen LogP) is 2.33. The first kappa shape index (κ1) is 16.8. The van der Waals surface area contributed by atoms with Gasteiger partial charge in [0.15, 0.2) is 12.1 Å². The molecule has 0 fully saturated rings. The number of carbonyl (C=O) groups excluding carboxylic acids is 1. The van der Waals surface area contributed by atoms with Crippen LogP contribution in [0.15, 0.2) is 27.8 Å². The van der Waals surface area contributed by atoms with Gasteiger partial charge in [-0.2, -0.15) is 0 Å². The van der Waals surface area contributed by atoms with Gasteiger partial charge in [0.25, 0.3) is 15.9 Å². The fourth-order valence-electron chi connectivity index (χ4n) is 2.55. The van der Waals surface area contributed by atoms with Gasteiger partial charge in [-0.15, -0.1) is 0 Å². The molecule has 7 nitrogen and oxygen atoms in total.